The highest BCUT2D eigenvalue weighted by Crippen LogP contribution is 2.35. The molecule has 0 aromatic heterocycles. The quantitative estimate of drug-likeness (QED) is 0.902. The molecule has 1 fully saturated rings. The van der Waals surface area contributed by atoms with Crippen LogP contribution in [-0.2, 0) is 0 Å². The van der Waals surface area contributed by atoms with Crippen LogP contribution in [0.15, 0.2) is 18.2 Å². The number of ether oxygens (including phenoxy) is 1. The summed E-state index contributed by atoms with van der Waals surface area (Å²) >= 11 is 6.21. The van der Waals surface area contributed by atoms with E-state index in [-0.39, 0.29) is 0 Å². The average molecular weight is 297 g/mol. The first-order valence-corrected chi connectivity index (χ1v) is 7.77. The first-order valence-electron chi connectivity index (χ1n) is 7.40. The molecule has 1 saturated heterocycles. The van der Waals surface area contributed by atoms with Gasteiger partial charge in [-0.15, -0.1) is 0 Å². The van der Waals surface area contributed by atoms with Gasteiger partial charge >= 0.3 is 0 Å². The van der Waals surface area contributed by atoms with Crippen LogP contribution in [0.4, 0.5) is 0 Å². The van der Waals surface area contributed by atoms with Crippen molar-refractivity contribution in [1.82, 2.24) is 10.2 Å². The van der Waals surface area contributed by atoms with Crippen molar-refractivity contribution in [2.24, 2.45) is 5.92 Å². The van der Waals surface area contributed by atoms with Gasteiger partial charge in [-0.25, -0.2) is 0 Å². The number of halogens is 1. The molecule has 1 N–H and O–H groups in total. The number of nitrogens with one attached hydrogen (secondary N) is 1. The normalized spacial score (nSPS) is 18.2. The fourth-order valence-corrected chi connectivity index (χ4v) is 3.06. The summed E-state index contributed by atoms with van der Waals surface area (Å²) in [5, 5.41) is 4.20. The van der Waals surface area contributed by atoms with E-state index in [1.54, 1.807) is 7.11 Å². The molecule has 20 heavy (non-hydrogen) atoms. The van der Waals surface area contributed by atoms with Crippen LogP contribution in [0.3, 0.4) is 0 Å². The van der Waals surface area contributed by atoms with Gasteiger partial charge in [-0.1, -0.05) is 25.4 Å². The Bertz CT molecular complexity index is 430. The van der Waals surface area contributed by atoms with Crippen LogP contribution >= 0.6 is 11.6 Å². The Hall–Kier alpha value is -0.770. The maximum Gasteiger partial charge on any atom is 0.123 e. The van der Waals surface area contributed by atoms with Crippen molar-refractivity contribution in [3.63, 3.8) is 0 Å². The number of rotatable bonds is 5. The van der Waals surface area contributed by atoms with Crippen LogP contribution in [0.5, 0.6) is 5.75 Å². The van der Waals surface area contributed by atoms with Crippen LogP contribution < -0.4 is 10.1 Å². The van der Waals surface area contributed by atoms with Crippen LogP contribution in [0, 0.1) is 5.92 Å². The van der Waals surface area contributed by atoms with Crippen molar-refractivity contribution >= 4 is 11.6 Å². The van der Waals surface area contributed by atoms with E-state index < -0.39 is 0 Å². The summed E-state index contributed by atoms with van der Waals surface area (Å²) < 4.78 is 5.55. The standard InChI is InChI=1S/C16H25ClN2O/c1-12(2)10-15(19-8-6-18-7-9-19)14-11-13(17)4-5-16(14)20-3/h4-5,11-12,15,18H,6-10H2,1-3H3/t15-/m1/s1. The molecule has 0 bridgehead atoms. The smallest absolute Gasteiger partial charge is 0.123 e. The highest BCUT2D eigenvalue weighted by atomic mass is 35.5. The lowest BCUT2D eigenvalue weighted by Crippen LogP contribution is -2.45. The van der Waals surface area contributed by atoms with Crippen molar-refractivity contribution in [3.8, 4) is 5.75 Å². The molecule has 4 heteroatoms. The van der Waals surface area contributed by atoms with E-state index in [1.165, 1.54) is 5.56 Å². The largest absolute Gasteiger partial charge is 0.496 e. The topological polar surface area (TPSA) is 24.5 Å². The molecular weight excluding hydrogens is 272 g/mol. The Kier molecular flexibility index (Phi) is 5.70. The van der Waals surface area contributed by atoms with E-state index >= 15 is 0 Å². The highest BCUT2D eigenvalue weighted by molar-refractivity contribution is 6.30. The predicted molar refractivity (Wildman–Crippen MR) is 84.6 cm³/mol. The van der Waals surface area contributed by atoms with Crippen LogP contribution in [0.2, 0.25) is 5.02 Å². The number of hydrogen-bond acceptors (Lipinski definition) is 3. The lowest BCUT2D eigenvalue weighted by atomic mass is 9.94. The summed E-state index contributed by atoms with van der Waals surface area (Å²) in [5.41, 5.74) is 1.22. The molecule has 0 spiro atoms. The monoisotopic (exact) mass is 296 g/mol. The van der Waals surface area contributed by atoms with Crippen LogP contribution in [-0.4, -0.2) is 38.2 Å². The van der Waals surface area contributed by atoms with Gasteiger partial charge in [-0.05, 0) is 30.5 Å². The van der Waals surface area contributed by atoms with Gasteiger partial charge in [0.1, 0.15) is 5.75 Å². The molecule has 1 atom stereocenters. The predicted octanol–water partition coefficient (Wildman–Crippen LogP) is 3.34. The molecule has 1 aromatic rings. The summed E-state index contributed by atoms with van der Waals surface area (Å²) in [6, 6.07) is 6.32. The third kappa shape index (κ3) is 3.87. The summed E-state index contributed by atoms with van der Waals surface area (Å²) in [5.74, 6) is 1.58. The van der Waals surface area contributed by atoms with Crippen LogP contribution in [0.25, 0.3) is 0 Å². The van der Waals surface area contributed by atoms with Crippen molar-refractivity contribution in [3.05, 3.63) is 28.8 Å². The van der Waals surface area contributed by atoms with Crippen molar-refractivity contribution in [2.75, 3.05) is 33.3 Å². The Morgan fingerprint density at radius 3 is 2.60 bits per heavy atom. The van der Waals surface area contributed by atoms with E-state index in [0.717, 1.165) is 43.4 Å². The van der Waals surface area contributed by atoms with Crippen molar-refractivity contribution < 1.29 is 4.74 Å². The van der Waals surface area contributed by atoms with E-state index in [1.807, 2.05) is 12.1 Å². The van der Waals surface area contributed by atoms with E-state index in [2.05, 4.69) is 30.1 Å². The molecule has 1 aliphatic rings. The molecule has 0 saturated carbocycles. The molecule has 0 radical (unpaired) electrons. The Morgan fingerprint density at radius 2 is 2.00 bits per heavy atom. The third-order valence-corrected chi connectivity index (χ3v) is 4.07. The number of piperazine rings is 1. The van der Waals surface area contributed by atoms with Gasteiger partial charge in [0.15, 0.2) is 0 Å². The van der Waals surface area contributed by atoms with Gasteiger partial charge in [-0.3, -0.25) is 4.90 Å². The highest BCUT2D eigenvalue weighted by Gasteiger charge is 2.25. The Labute approximate surface area is 127 Å². The SMILES string of the molecule is COc1ccc(Cl)cc1[C@@H](CC(C)C)N1CCNCC1. The molecule has 112 valence electrons. The molecule has 0 amide bonds. The second-order valence-electron chi connectivity index (χ2n) is 5.82. The van der Waals surface area contributed by atoms with E-state index in [0.29, 0.717) is 12.0 Å². The first kappa shape index (κ1) is 15.6. The lowest BCUT2D eigenvalue weighted by Gasteiger charge is -2.36. The maximum atomic E-state index is 6.21. The van der Waals surface area contributed by atoms with Gasteiger partial charge in [0.25, 0.3) is 0 Å². The molecule has 0 aliphatic carbocycles. The second-order valence-corrected chi connectivity index (χ2v) is 6.25. The summed E-state index contributed by atoms with van der Waals surface area (Å²) in [4.78, 5) is 2.55. The van der Waals surface area contributed by atoms with Gasteiger partial charge in [0, 0.05) is 42.8 Å². The Balaban J connectivity index is 2.31. The summed E-state index contributed by atoms with van der Waals surface area (Å²) in [6.07, 6.45) is 1.12. The summed E-state index contributed by atoms with van der Waals surface area (Å²) in [7, 11) is 1.73. The van der Waals surface area contributed by atoms with Crippen molar-refractivity contribution in [1.29, 1.82) is 0 Å². The average Bonchev–Trinajstić information content (AvgIpc) is 2.45. The van der Waals surface area contributed by atoms with E-state index in [9.17, 15) is 0 Å². The molecule has 1 heterocycles. The number of nitrogens with zero attached hydrogens (tertiary/aromatic N) is 1. The number of methoxy groups -OCH3 is 1. The van der Waals surface area contributed by atoms with Gasteiger partial charge < -0.3 is 10.1 Å². The minimum atomic E-state index is 0.380. The van der Waals surface area contributed by atoms with Crippen molar-refractivity contribution in [2.45, 2.75) is 26.3 Å². The zero-order valence-electron chi connectivity index (χ0n) is 12.7. The van der Waals surface area contributed by atoms with Gasteiger partial charge in [0.05, 0.1) is 7.11 Å². The lowest BCUT2D eigenvalue weighted by molar-refractivity contribution is 0.151. The zero-order valence-corrected chi connectivity index (χ0v) is 13.4. The second kappa shape index (κ2) is 7.30. The molecule has 0 unspecified atom stereocenters. The van der Waals surface area contributed by atoms with Crippen LogP contribution in [0.1, 0.15) is 31.9 Å². The Morgan fingerprint density at radius 1 is 1.30 bits per heavy atom. The minimum absolute atomic E-state index is 0.380. The third-order valence-electron chi connectivity index (χ3n) is 3.84. The fraction of sp³-hybridized carbons (Fsp3) is 0.625. The number of hydrogen-bond donors (Lipinski definition) is 1. The molecule has 1 aliphatic heterocycles. The van der Waals surface area contributed by atoms with E-state index in [4.69, 9.17) is 16.3 Å². The number of benzene rings is 1. The molecular formula is C16H25ClN2O. The fourth-order valence-electron chi connectivity index (χ4n) is 2.88. The van der Waals surface area contributed by atoms with Gasteiger partial charge in [0.2, 0.25) is 0 Å². The minimum Gasteiger partial charge on any atom is -0.496 e. The molecule has 3 nitrogen and oxygen atoms in total. The maximum absolute atomic E-state index is 6.21. The summed E-state index contributed by atoms with van der Waals surface area (Å²) in [6.45, 7) is 8.80. The zero-order chi connectivity index (χ0) is 14.5. The molecule has 2 rings (SSSR count). The molecule has 1 aromatic carbocycles. The van der Waals surface area contributed by atoms with Gasteiger partial charge in [-0.2, -0.15) is 0 Å². The first-order chi connectivity index (χ1) is 9.61.